The molecule has 0 bridgehead atoms. The molecule has 1 saturated heterocycles. The van der Waals surface area contributed by atoms with E-state index in [0.29, 0.717) is 28.6 Å². The molecule has 0 radical (unpaired) electrons. The molecular weight excluding hydrogens is 713 g/mol. The molecule has 3 heterocycles. The van der Waals surface area contributed by atoms with E-state index in [4.69, 9.17) is 33.7 Å². The lowest BCUT2D eigenvalue weighted by Crippen LogP contribution is -2.42. The Kier molecular flexibility index (Phi) is 10.1. The number of halogens is 2. The lowest BCUT2D eigenvalue weighted by molar-refractivity contribution is -0.165. The topological polar surface area (TPSA) is 161 Å². The largest absolute Gasteiger partial charge is 0.462 e. The number of anilines is 1. The highest BCUT2D eigenvalue weighted by atomic mass is 32.2. The monoisotopic (exact) mass is 759 g/mol. The maximum absolute atomic E-state index is 14.0. The molecule has 288 valence electrons. The first-order valence-electron chi connectivity index (χ1n) is 18.2. The number of benzene rings is 1. The number of hydrogen-bond donors (Lipinski definition) is 2. The third kappa shape index (κ3) is 7.94. The molecular formula is C36H47F2N7O7S. The molecule has 1 amide bonds. The Hall–Kier alpha value is -3.67. The predicted molar refractivity (Wildman–Crippen MR) is 189 cm³/mol. The molecule has 4 fully saturated rings. The molecule has 2 aromatic heterocycles. The third-order valence-corrected chi connectivity index (χ3v) is 11.0. The smallest absolute Gasteiger partial charge is 0.408 e. The summed E-state index contributed by atoms with van der Waals surface area (Å²) in [5, 5.41) is 15.7. The number of hydrogen-bond acceptors (Lipinski definition) is 13. The number of esters is 1. The molecule has 3 saturated carbocycles. The van der Waals surface area contributed by atoms with Gasteiger partial charge in [0.2, 0.25) is 0 Å². The molecule has 8 atom stereocenters. The number of thioether (sulfide) groups is 1. The predicted octanol–water partition coefficient (Wildman–Crippen LogP) is 5.67. The van der Waals surface area contributed by atoms with Gasteiger partial charge in [0.1, 0.15) is 24.4 Å². The fraction of sp³-hybridized carbons (Fsp3) is 0.667. The summed E-state index contributed by atoms with van der Waals surface area (Å²) in [6.45, 7) is 12.8. The van der Waals surface area contributed by atoms with Crippen LogP contribution in [-0.2, 0) is 28.5 Å². The molecule has 2 N–H and O–H groups in total. The van der Waals surface area contributed by atoms with Crippen LogP contribution in [0.3, 0.4) is 0 Å². The first kappa shape index (κ1) is 37.6. The van der Waals surface area contributed by atoms with Gasteiger partial charge in [0.05, 0.1) is 24.9 Å². The van der Waals surface area contributed by atoms with Crippen LogP contribution in [0.25, 0.3) is 11.2 Å². The third-order valence-electron chi connectivity index (χ3n) is 9.98. The maximum atomic E-state index is 14.0. The zero-order valence-corrected chi connectivity index (χ0v) is 31.8. The number of rotatable bonds is 13. The normalized spacial score (nSPS) is 28.8. The molecule has 3 aromatic rings. The van der Waals surface area contributed by atoms with Crippen LogP contribution in [-0.4, -0.2) is 97.8 Å². The van der Waals surface area contributed by atoms with E-state index in [-0.39, 0.29) is 54.9 Å². The van der Waals surface area contributed by atoms with E-state index in [1.54, 1.807) is 38.6 Å². The first-order valence-corrected chi connectivity index (χ1v) is 19.2. The molecule has 7 rings (SSSR count). The zero-order chi connectivity index (χ0) is 37.9. The van der Waals surface area contributed by atoms with E-state index >= 15 is 0 Å². The van der Waals surface area contributed by atoms with Crippen LogP contribution < -0.4 is 10.6 Å². The zero-order valence-electron chi connectivity index (χ0n) is 31.0. The number of nitrogens with zero attached hydrogens (tertiary/aromatic N) is 5. The molecule has 2 unspecified atom stereocenters. The van der Waals surface area contributed by atoms with Crippen molar-refractivity contribution in [3.05, 3.63) is 35.4 Å². The number of ether oxygens (including phenoxy) is 5. The van der Waals surface area contributed by atoms with Gasteiger partial charge < -0.3 is 34.3 Å². The van der Waals surface area contributed by atoms with Gasteiger partial charge in [-0.1, -0.05) is 30.0 Å². The highest BCUT2D eigenvalue weighted by Gasteiger charge is 2.73. The van der Waals surface area contributed by atoms with Crippen LogP contribution >= 0.6 is 11.8 Å². The number of carbonyl (C=O) groups is 2. The van der Waals surface area contributed by atoms with E-state index in [1.807, 2.05) is 18.5 Å². The summed E-state index contributed by atoms with van der Waals surface area (Å²) in [5.74, 6) is -1.78. The molecule has 17 heteroatoms. The van der Waals surface area contributed by atoms with Crippen LogP contribution in [0, 0.1) is 17.0 Å². The Morgan fingerprint density at radius 3 is 2.66 bits per heavy atom. The summed E-state index contributed by atoms with van der Waals surface area (Å²) >= 11 is 1.54. The summed E-state index contributed by atoms with van der Waals surface area (Å²) in [6, 6.07) is 2.84. The van der Waals surface area contributed by atoms with Crippen molar-refractivity contribution in [2.75, 3.05) is 24.3 Å². The van der Waals surface area contributed by atoms with Gasteiger partial charge in [0.15, 0.2) is 39.6 Å². The molecule has 1 spiro atoms. The summed E-state index contributed by atoms with van der Waals surface area (Å²) in [5.41, 5.74) is 0.767. The summed E-state index contributed by atoms with van der Waals surface area (Å²) in [4.78, 5) is 34.2. The van der Waals surface area contributed by atoms with Gasteiger partial charge in [0, 0.05) is 23.1 Å². The fourth-order valence-corrected chi connectivity index (χ4v) is 8.12. The number of fused-ring (bicyclic) bond motifs is 3. The molecule has 53 heavy (non-hydrogen) atoms. The van der Waals surface area contributed by atoms with Gasteiger partial charge in [-0.2, -0.15) is 0 Å². The SMILES string of the molecule is CCCSc1nc(N[C@@H]2C[C@H]2c2ccc(F)c(F)c2)c2nnn([C@@H]3CC4(CC4OCCOC(=O)[C@@H](C)NC(=O)OC(C)(C)C)[C@H]4OC(C)(C)O[C@@H]34)c2n1. The summed E-state index contributed by atoms with van der Waals surface area (Å²) in [7, 11) is 0. The lowest BCUT2D eigenvalue weighted by Gasteiger charge is -2.24. The number of amides is 1. The minimum atomic E-state index is -0.886. The Morgan fingerprint density at radius 1 is 1.13 bits per heavy atom. The fourth-order valence-electron chi connectivity index (χ4n) is 7.42. The molecule has 1 aromatic carbocycles. The van der Waals surface area contributed by atoms with E-state index in [2.05, 4.69) is 27.9 Å². The number of nitrogens with one attached hydrogen (secondary N) is 2. The van der Waals surface area contributed by atoms with Gasteiger partial charge in [-0.25, -0.2) is 33.0 Å². The maximum Gasteiger partial charge on any atom is 0.408 e. The Bertz CT molecular complexity index is 1880. The van der Waals surface area contributed by atoms with Gasteiger partial charge >= 0.3 is 12.1 Å². The molecule has 4 aliphatic rings. The van der Waals surface area contributed by atoms with E-state index in [9.17, 15) is 18.4 Å². The molecule has 1 aliphatic heterocycles. The van der Waals surface area contributed by atoms with Crippen molar-refractivity contribution in [1.82, 2.24) is 30.3 Å². The van der Waals surface area contributed by atoms with E-state index in [0.717, 1.165) is 36.6 Å². The van der Waals surface area contributed by atoms with Crippen LogP contribution in [0.4, 0.5) is 19.4 Å². The summed E-state index contributed by atoms with van der Waals surface area (Å²) < 4.78 is 59.2. The second-order valence-electron chi connectivity index (χ2n) is 15.8. The van der Waals surface area contributed by atoms with Gasteiger partial charge in [-0.15, -0.1) is 5.10 Å². The standard InChI is InChI=1S/C36H47F2N7O7S/c1-8-13-53-32-41-29(40-23-15-20(23)19-9-10-21(37)22(38)14-19)26-30(42-32)45(44-43-26)24-16-36(28-27(24)50-35(6,7)51-28)17-25(36)48-11-12-49-31(46)18(2)39-33(47)52-34(3,4)5/h9-10,14,18,20,23-25,27-28H,8,11-13,15-17H2,1-7H3,(H,39,47)(H,40,41,42)/t18-,20+,23-,24-,25?,27+,28+,36?/m1/s1. The van der Waals surface area contributed by atoms with E-state index < -0.39 is 41.1 Å². The Labute approximate surface area is 310 Å². The lowest BCUT2D eigenvalue weighted by atomic mass is 10.0. The van der Waals surface area contributed by atoms with Crippen molar-refractivity contribution in [3.63, 3.8) is 0 Å². The minimum absolute atomic E-state index is 0.00578. The molecule has 3 aliphatic carbocycles. The number of carbonyl (C=O) groups excluding carboxylic acids is 2. The minimum Gasteiger partial charge on any atom is -0.462 e. The van der Waals surface area contributed by atoms with Gasteiger partial charge in [-0.3, -0.25) is 0 Å². The van der Waals surface area contributed by atoms with Crippen LogP contribution in [0.5, 0.6) is 0 Å². The highest BCUT2D eigenvalue weighted by Crippen LogP contribution is 2.66. The van der Waals surface area contributed by atoms with Crippen LogP contribution in [0.2, 0.25) is 0 Å². The van der Waals surface area contributed by atoms with Crippen molar-refractivity contribution in [1.29, 1.82) is 0 Å². The van der Waals surface area contributed by atoms with Crippen molar-refractivity contribution in [3.8, 4) is 0 Å². The quantitative estimate of drug-likeness (QED) is 0.0951. The average Bonchev–Trinajstić information content (AvgIpc) is 3.87. The Balaban J connectivity index is 1.04. The highest BCUT2D eigenvalue weighted by molar-refractivity contribution is 7.99. The van der Waals surface area contributed by atoms with Gasteiger partial charge in [-0.05, 0) is 84.9 Å². The van der Waals surface area contributed by atoms with Crippen molar-refractivity contribution < 1.29 is 42.1 Å². The number of aromatic nitrogens is 5. The van der Waals surface area contributed by atoms with E-state index in [1.165, 1.54) is 13.0 Å². The second-order valence-corrected chi connectivity index (χ2v) is 16.9. The van der Waals surface area contributed by atoms with Crippen molar-refractivity contribution in [2.45, 2.75) is 133 Å². The van der Waals surface area contributed by atoms with Crippen molar-refractivity contribution in [2.24, 2.45) is 5.41 Å². The number of alkyl carbamates (subject to hydrolysis) is 1. The second kappa shape index (κ2) is 14.2. The first-order chi connectivity index (χ1) is 25.1. The van der Waals surface area contributed by atoms with Crippen LogP contribution in [0.15, 0.2) is 23.4 Å². The van der Waals surface area contributed by atoms with Crippen LogP contribution in [0.1, 0.15) is 91.7 Å². The Morgan fingerprint density at radius 2 is 1.92 bits per heavy atom. The van der Waals surface area contributed by atoms with Crippen molar-refractivity contribution >= 4 is 40.8 Å². The summed E-state index contributed by atoms with van der Waals surface area (Å²) in [6.07, 6.45) is 1.57. The molecule has 14 nitrogen and oxygen atoms in total. The average molecular weight is 760 g/mol. The van der Waals surface area contributed by atoms with Gasteiger partial charge in [0.25, 0.3) is 0 Å².